The zero-order valence-electron chi connectivity index (χ0n) is 10.1. The number of hydrogen-bond donors (Lipinski definition) is 1. The van der Waals surface area contributed by atoms with Crippen LogP contribution in [0.2, 0.25) is 0 Å². The van der Waals surface area contributed by atoms with Crippen LogP contribution < -0.4 is 9.64 Å². The molecule has 92 valence electrons. The van der Waals surface area contributed by atoms with Gasteiger partial charge in [-0.25, -0.2) is 0 Å². The molecule has 0 bridgehead atoms. The van der Waals surface area contributed by atoms with Crippen molar-refractivity contribution in [3.05, 3.63) is 24.3 Å². The summed E-state index contributed by atoms with van der Waals surface area (Å²) >= 11 is 4.34. The lowest BCUT2D eigenvalue weighted by atomic mass is 10.3. The van der Waals surface area contributed by atoms with Crippen molar-refractivity contribution in [1.29, 1.82) is 0 Å². The van der Waals surface area contributed by atoms with Crippen molar-refractivity contribution in [3.63, 3.8) is 0 Å². The zero-order valence-corrected chi connectivity index (χ0v) is 11.0. The first kappa shape index (κ1) is 12.3. The largest absolute Gasteiger partial charge is 0.491 e. The monoisotopic (exact) mass is 251 g/mol. The fourth-order valence-corrected chi connectivity index (χ4v) is 2.23. The Hall–Kier alpha value is -1.16. The highest BCUT2D eigenvalue weighted by atomic mass is 32.1. The summed E-state index contributed by atoms with van der Waals surface area (Å²) in [6.45, 7) is 4.67. The summed E-state index contributed by atoms with van der Waals surface area (Å²) < 4.78 is 5.56. The van der Waals surface area contributed by atoms with Crippen LogP contribution >= 0.6 is 12.6 Å². The highest BCUT2D eigenvalue weighted by Gasteiger charge is 2.28. The first-order valence-corrected chi connectivity index (χ1v) is 6.33. The standard InChI is InChI=1S/C13H17NO2S/c1-9(2)16-11-5-3-10(4-6-11)14-8-12(17)7-13(14)15/h3-6,9,12,17H,7-8H2,1-2H3. The van der Waals surface area contributed by atoms with Gasteiger partial charge in [0.05, 0.1) is 6.10 Å². The molecule has 4 heteroatoms. The van der Waals surface area contributed by atoms with Crippen molar-refractivity contribution >= 4 is 24.2 Å². The van der Waals surface area contributed by atoms with Gasteiger partial charge in [0.1, 0.15) is 5.75 Å². The predicted molar refractivity (Wildman–Crippen MR) is 72.0 cm³/mol. The van der Waals surface area contributed by atoms with E-state index >= 15 is 0 Å². The minimum Gasteiger partial charge on any atom is -0.491 e. The number of rotatable bonds is 3. The Kier molecular flexibility index (Phi) is 3.62. The molecule has 17 heavy (non-hydrogen) atoms. The molecule has 0 aromatic heterocycles. The van der Waals surface area contributed by atoms with Gasteiger partial charge in [0, 0.05) is 23.9 Å². The van der Waals surface area contributed by atoms with E-state index in [1.54, 1.807) is 4.90 Å². The molecule has 1 aromatic rings. The Morgan fingerprint density at radius 2 is 2.00 bits per heavy atom. The van der Waals surface area contributed by atoms with Gasteiger partial charge in [0.25, 0.3) is 0 Å². The van der Waals surface area contributed by atoms with Gasteiger partial charge in [-0.3, -0.25) is 4.79 Å². The molecule has 2 rings (SSSR count). The summed E-state index contributed by atoms with van der Waals surface area (Å²) in [4.78, 5) is 13.5. The molecular weight excluding hydrogens is 234 g/mol. The van der Waals surface area contributed by atoms with Gasteiger partial charge in [-0.1, -0.05) is 0 Å². The fourth-order valence-electron chi connectivity index (χ4n) is 1.92. The Bertz CT molecular complexity index is 402. The molecule has 0 saturated carbocycles. The van der Waals surface area contributed by atoms with Crippen LogP contribution in [0.25, 0.3) is 0 Å². The SMILES string of the molecule is CC(C)Oc1ccc(N2CC(S)CC2=O)cc1. The highest BCUT2D eigenvalue weighted by molar-refractivity contribution is 7.81. The van der Waals surface area contributed by atoms with E-state index in [2.05, 4.69) is 12.6 Å². The number of nitrogens with zero attached hydrogens (tertiary/aromatic N) is 1. The first-order valence-electron chi connectivity index (χ1n) is 5.81. The lowest BCUT2D eigenvalue weighted by Gasteiger charge is -2.17. The van der Waals surface area contributed by atoms with Crippen molar-refractivity contribution in [2.75, 3.05) is 11.4 Å². The maximum atomic E-state index is 11.7. The zero-order chi connectivity index (χ0) is 12.4. The molecule has 1 fully saturated rings. The van der Waals surface area contributed by atoms with E-state index in [-0.39, 0.29) is 17.3 Å². The van der Waals surface area contributed by atoms with Gasteiger partial charge in [0.2, 0.25) is 5.91 Å². The molecular formula is C13H17NO2S. The highest BCUT2D eigenvalue weighted by Crippen LogP contribution is 2.26. The third kappa shape index (κ3) is 2.94. The molecule has 1 atom stereocenters. The lowest BCUT2D eigenvalue weighted by Crippen LogP contribution is -2.24. The van der Waals surface area contributed by atoms with E-state index in [1.165, 1.54) is 0 Å². The molecule has 0 N–H and O–H groups in total. The Balaban J connectivity index is 2.10. The van der Waals surface area contributed by atoms with Gasteiger partial charge >= 0.3 is 0 Å². The van der Waals surface area contributed by atoms with Crippen molar-refractivity contribution in [3.8, 4) is 5.75 Å². The number of carbonyl (C=O) groups excluding carboxylic acids is 1. The van der Waals surface area contributed by atoms with E-state index in [9.17, 15) is 4.79 Å². The van der Waals surface area contributed by atoms with Crippen LogP contribution in [-0.4, -0.2) is 23.8 Å². The van der Waals surface area contributed by atoms with Gasteiger partial charge in [-0.05, 0) is 38.1 Å². The minimum atomic E-state index is 0.141. The fraction of sp³-hybridized carbons (Fsp3) is 0.462. The van der Waals surface area contributed by atoms with Crippen LogP contribution in [0.1, 0.15) is 20.3 Å². The van der Waals surface area contributed by atoms with E-state index < -0.39 is 0 Å². The summed E-state index contributed by atoms with van der Waals surface area (Å²) in [6.07, 6.45) is 0.684. The van der Waals surface area contributed by atoms with Crippen LogP contribution in [0.4, 0.5) is 5.69 Å². The molecule has 1 saturated heterocycles. The maximum absolute atomic E-state index is 11.7. The molecule has 0 aliphatic carbocycles. The first-order chi connectivity index (χ1) is 8.06. The molecule has 1 aromatic carbocycles. The van der Waals surface area contributed by atoms with E-state index in [0.717, 1.165) is 11.4 Å². The minimum absolute atomic E-state index is 0.141. The van der Waals surface area contributed by atoms with Crippen molar-refractivity contribution in [2.24, 2.45) is 0 Å². The quantitative estimate of drug-likeness (QED) is 0.836. The molecule has 1 aliphatic rings. The maximum Gasteiger partial charge on any atom is 0.228 e. The van der Waals surface area contributed by atoms with E-state index in [0.29, 0.717) is 13.0 Å². The third-order valence-corrected chi connectivity index (χ3v) is 2.97. The summed E-state index contributed by atoms with van der Waals surface area (Å²) in [5.74, 6) is 0.973. The summed E-state index contributed by atoms with van der Waals surface area (Å²) in [7, 11) is 0. The van der Waals surface area contributed by atoms with Crippen LogP contribution in [0, 0.1) is 0 Å². The molecule has 1 heterocycles. The Morgan fingerprint density at radius 1 is 1.35 bits per heavy atom. The second-order valence-corrected chi connectivity index (χ2v) is 5.25. The lowest BCUT2D eigenvalue weighted by molar-refractivity contribution is -0.117. The smallest absolute Gasteiger partial charge is 0.228 e. The van der Waals surface area contributed by atoms with Gasteiger partial charge < -0.3 is 9.64 Å². The average molecular weight is 251 g/mol. The molecule has 3 nitrogen and oxygen atoms in total. The topological polar surface area (TPSA) is 29.5 Å². The number of amides is 1. The average Bonchev–Trinajstić information content (AvgIpc) is 2.58. The van der Waals surface area contributed by atoms with Gasteiger partial charge in [0.15, 0.2) is 0 Å². The summed E-state index contributed by atoms with van der Waals surface area (Å²) in [5, 5.41) is 0.147. The number of thiol groups is 1. The van der Waals surface area contributed by atoms with Crippen LogP contribution in [0.5, 0.6) is 5.75 Å². The van der Waals surface area contributed by atoms with Gasteiger partial charge in [-0.2, -0.15) is 12.6 Å². The van der Waals surface area contributed by atoms with E-state index in [4.69, 9.17) is 4.74 Å². The normalized spacial score (nSPS) is 20.1. The van der Waals surface area contributed by atoms with Crippen LogP contribution in [0.3, 0.4) is 0 Å². The van der Waals surface area contributed by atoms with Crippen molar-refractivity contribution in [2.45, 2.75) is 31.6 Å². The number of carbonyl (C=O) groups is 1. The van der Waals surface area contributed by atoms with Crippen molar-refractivity contribution in [1.82, 2.24) is 0 Å². The van der Waals surface area contributed by atoms with Crippen molar-refractivity contribution < 1.29 is 9.53 Å². The number of ether oxygens (including phenoxy) is 1. The van der Waals surface area contributed by atoms with Crippen LogP contribution in [0.15, 0.2) is 24.3 Å². The molecule has 1 aliphatic heterocycles. The number of benzene rings is 1. The van der Waals surface area contributed by atoms with Gasteiger partial charge in [-0.15, -0.1) is 0 Å². The predicted octanol–water partition coefficient (Wildman–Crippen LogP) is 2.51. The second kappa shape index (κ2) is 5.00. The second-order valence-electron chi connectivity index (χ2n) is 4.52. The summed E-state index contributed by atoms with van der Waals surface area (Å²) in [6, 6.07) is 7.63. The molecule has 1 amide bonds. The Morgan fingerprint density at radius 3 is 2.47 bits per heavy atom. The molecule has 1 unspecified atom stereocenters. The molecule has 0 radical (unpaired) electrons. The van der Waals surface area contributed by atoms with E-state index in [1.807, 2.05) is 38.1 Å². The number of anilines is 1. The Labute approximate surface area is 107 Å². The third-order valence-electron chi connectivity index (χ3n) is 2.62. The number of hydrogen-bond acceptors (Lipinski definition) is 3. The summed E-state index contributed by atoms with van der Waals surface area (Å²) in [5.41, 5.74) is 0.919. The van der Waals surface area contributed by atoms with Crippen LogP contribution in [-0.2, 0) is 4.79 Å². The molecule has 0 spiro atoms.